The normalized spacial score (nSPS) is 34.8. The predicted molar refractivity (Wildman–Crippen MR) is 138 cm³/mol. The van der Waals surface area contributed by atoms with E-state index in [0.29, 0.717) is 5.41 Å². The lowest BCUT2D eigenvalue weighted by Gasteiger charge is -2.53. The summed E-state index contributed by atoms with van der Waals surface area (Å²) in [5.41, 5.74) is 4.57. The second-order valence-electron chi connectivity index (χ2n) is 12.1. The van der Waals surface area contributed by atoms with Crippen molar-refractivity contribution in [3.63, 3.8) is 0 Å². The van der Waals surface area contributed by atoms with E-state index in [2.05, 4.69) is 78.0 Å². The van der Waals surface area contributed by atoms with Crippen LogP contribution in [0.4, 0.5) is 0 Å². The summed E-state index contributed by atoms with van der Waals surface area (Å²) in [7, 11) is 0. The van der Waals surface area contributed by atoms with Crippen LogP contribution in [0.15, 0.2) is 35.9 Å². The molecule has 0 bridgehead atoms. The molecule has 1 saturated carbocycles. The van der Waals surface area contributed by atoms with Gasteiger partial charge in [0.05, 0.1) is 0 Å². The molecule has 3 aliphatic rings. The molecule has 32 heavy (non-hydrogen) atoms. The van der Waals surface area contributed by atoms with E-state index in [0.717, 1.165) is 35.8 Å². The zero-order valence-electron chi connectivity index (χ0n) is 21.5. The van der Waals surface area contributed by atoms with Crippen molar-refractivity contribution in [1.29, 1.82) is 0 Å². The maximum atomic E-state index is 6.41. The number of ether oxygens (including phenoxy) is 1. The Balaban J connectivity index is 1.27. The fourth-order valence-electron chi connectivity index (χ4n) is 7.27. The van der Waals surface area contributed by atoms with E-state index in [-0.39, 0.29) is 5.60 Å². The van der Waals surface area contributed by atoms with Gasteiger partial charge in [-0.2, -0.15) is 0 Å². The van der Waals surface area contributed by atoms with Gasteiger partial charge in [-0.05, 0) is 100 Å². The molecule has 1 fully saturated rings. The van der Waals surface area contributed by atoms with Crippen molar-refractivity contribution in [3.05, 3.63) is 47.1 Å². The predicted octanol–water partition coefficient (Wildman–Crippen LogP) is 9.15. The van der Waals surface area contributed by atoms with Crippen molar-refractivity contribution < 1.29 is 4.74 Å². The second-order valence-corrected chi connectivity index (χ2v) is 12.1. The van der Waals surface area contributed by atoms with E-state index < -0.39 is 0 Å². The molecule has 4 rings (SSSR count). The molecule has 6 atom stereocenters. The Kier molecular flexibility index (Phi) is 6.94. The standard InChI is InChI=1S/C31H46O/c1-22(21-28-25(4)13-14-27-24(3)11-9-18-31(27,28)6)10-7-8-17-30(5)19-16-26-20-23(2)12-15-29(26)32-30/h12-13,15-16,19-20,22,24,27-28H,7-11,14,17-18,21H2,1-6H3. The fourth-order valence-corrected chi connectivity index (χ4v) is 7.27. The van der Waals surface area contributed by atoms with Crippen LogP contribution >= 0.6 is 0 Å². The average Bonchev–Trinajstić information content (AvgIpc) is 2.74. The van der Waals surface area contributed by atoms with Crippen molar-refractivity contribution in [3.8, 4) is 5.75 Å². The summed E-state index contributed by atoms with van der Waals surface area (Å²) in [6, 6.07) is 6.50. The summed E-state index contributed by atoms with van der Waals surface area (Å²) in [6.07, 6.45) is 19.1. The van der Waals surface area contributed by atoms with Gasteiger partial charge in [-0.3, -0.25) is 0 Å². The van der Waals surface area contributed by atoms with E-state index in [9.17, 15) is 0 Å². The van der Waals surface area contributed by atoms with Crippen LogP contribution in [0.2, 0.25) is 0 Å². The van der Waals surface area contributed by atoms with Crippen molar-refractivity contribution in [2.24, 2.45) is 29.1 Å². The van der Waals surface area contributed by atoms with Crippen molar-refractivity contribution in [1.82, 2.24) is 0 Å². The van der Waals surface area contributed by atoms with Crippen LogP contribution < -0.4 is 4.74 Å². The number of aryl methyl sites for hydroxylation is 1. The molecule has 1 nitrogen and oxygen atoms in total. The number of unbranched alkanes of at least 4 members (excludes halogenated alkanes) is 1. The van der Waals surface area contributed by atoms with Gasteiger partial charge >= 0.3 is 0 Å². The molecule has 2 aliphatic carbocycles. The van der Waals surface area contributed by atoms with Gasteiger partial charge < -0.3 is 4.74 Å². The number of hydrogen-bond donors (Lipinski definition) is 0. The highest BCUT2D eigenvalue weighted by Crippen LogP contribution is 2.56. The second kappa shape index (κ2) is 9.40. The largest absolute Gasteiger partial charge is 0.483 e. The highest BCUT2D eigenvalue weighted by atomic mass is 16.5. The van der Waals surface area contributed by atoms with Crippen LogP contribution in [0.5, 0.6) is 5.75 Å². The summed E-state index contributed by atoms with van der Waals surface area (Å²) >= 11 is 0. The Bertz CT molecular complexity index is 863. The maximum Gasteiger partial charge on any atom is 0.127 e. The number of benzene rings is 1. The minimum absolute atomic E-state index is 0.160. The van der Waals surface area contributed by atoms with Crippen LogP contribution in [-0.2, 0) is 0 Å². The Morgan fingerprint density at radius 1 is 1.16 bits per heavy atom. The van der Waals surface area contributed by atoms with Crippen LogP contribution in [0.3, 0.4) is 0 Å². The molecule has 1 aromatic rings. The number of allylic oxidation sites excluding steroid dienone is 2. The van der Waals surface area contributed by atoms with Gasteiger partial charge in [0, 0.05) is 5.56 Å². The van der Waals surface area contributed by atoms with Gasteiger partial charge in [-0.15, -0.1) is 0 Å². The Labute approximate surface area is 197 Å². The van der Waals surface area contributed by atoms with Crippen LogP contribution in [0.1, 0.15) is 104 Å². The van der Waals surface area contributed by atoms with Gasteiger partial charge in [0.25, 0.3) is 0 Å². The summed E-state index contributed by atoms with van der Waals surface area (Å²) in [4.78, 5) is 0. The Morgan fingerprint density at radius 2 is 1.97 bits per heavy atom. The Morgan fingerprint density at radius 3 is 2.78 bits per heavy atom. The molecule has 0 radical (unpaired) electrons. The molecule has 0 amide bonds. The zero-order valence-corrected chi connectivity index (χ0v) is 21.5. The molecule has 176 valence electrons. The maximum absolute atomic E-state index is 6.41. The minimum atomic E-state index is -0.160. The number of rotatable bonds is 7. The first kappa shape index (κ1) is 23.7. The van der Waals surface area contributed by atoms with Crippen molar-refractivity contribution in [2.75, 3.05) is 0 Å². The molecule has 0 spiro atoms. The molecule has 1 aromatic carbocycles. The molecule has 1 heterocycles. The monoisotopic (exact) mass is 434 g/mol. The zero-order chi connectivity index (χ0) is 22.9. The van der Waals surface area contributed by atoms with Gasteiger partial charge in [-0.1, -0.05) is 75.8 Å². The van der Waals surface area contributed by atoms with E-state index >= 15 is 0 Å². The van der Waals surface area contributed by atoms with Gasteiger partial charge in [-0.25, -0.2) is 0 Å². The highest BCUT2D eigenvalue weighted by Gasteiger charge is 2.47. The molecule has 0 N–H and O–H groups in total. The molecule has 6 unspecified atom stereocenters. The fraction of sp³-hybridized carbons (Fsp3) is 0.677. The average molecular weight is 435 g/mol. The lowest BCUT2D eigenvalue weighted by molar-refractivity contribution is 0.00496. The third-order valence-electron chi connectivity index (χ3n) is 9.33. The molecular formula is C31H46O. The summed E-state index contributed by atoms with van der Waals surface area (Å²) in [5, 5.41) is 0. The van der Waals surface area contributed by atoms with Crippen LogP contribution in [0.25, 0.3) is 6.08 Å². The first-order valence-corrected chi connectivity index (χ1v) is 13.4. The third-order valence-corrected chi connectivity index (χ3v) is 9.33. The number of fused-ring (bicyclic) bond motifs is 2. The Hall–Kier alpha value is -1.50. The quantitative estimate of drug-likeness (QED) is 0.307. The first-order chi connectivity index (χ1) is 15.2. The lowest BCUT2D eigenvalue weighted by atomic mass is 9.52. The van der Waals surface area contributed by atoms with Crippen molar-refractivity contribution in [2.45, 2.75) is 105 Å². The topological polar surface area (TPSA) is 9.23 Å². The molecule has 1 aliphatic heterocycles. The molecule has 0 saturated heterocycles. The minimum Gasteiger partial charge on any atom is -0.483 e. The molecule has 1 heteroatoms. The van der Waals surface area contributed by atoms with Crippen LogP contribution in [0, 0.1) is 36.0 Å². The summed E-state index contributed by atoms with van der Waals surface area (Å²) in [6.45, 7) is 14.5. The third kappa shape index (κ3) is 4.87. The van der Waals surface area contributed by atoms with E-state index in [4.69, 9.17) is 4.74 Å². The van der Waals surface area contributed by atoms with Gasteiger partial charge in [0.2, 0.25) is 0 Å². The van der Waals surface area contributed by atoms with E-state index in [1.54, 1.807) is 5.57 Å². The van der Waals surface area contributed by atoms with Gasteiger partial charge in [0.1, 0.15) is 11.4 Å². The number of hydrogen-bond acceptors (Lipinski definition) is 1. The van der Waals surface area contributed by atoms with E-state index in [1.807, 2.05) is 0 Å². The lowest BCUT2D eigenvalue weighted by Crippen LogP contribution is -2.44. The summed E-state index contributed by atoms with van der Waals surface area (Å²) < 4.78 is 6.41. The SMILES string of the molecule is CC1=CCC2C(C)CCCC2(C)C1CC(C)CCCCC1(C)C=Cc2cc(C)ccc2O1. The molecule has 0 aromatic heterocycles. The highest BCUT2D eigenvalue weighted by molar-refractivity contribution is 5.61. The first-order valence-electron chi connectivity index (χ1n) is 13.4. The molecular weight excluding hydrogens is 388 g/mol. The van der Waals surface area contributed by atoms with E-state index in [1.165, 1.54) is 62.5 Å². The van der Waals surface area contributed by atoms with Crippen molar-refractivity contribution >= 4 is 6.08 Å². The van der Waals surface area contributed by atoms with Crippen LogP contribution in [-0.4, -0.2) is 5.60 Å². The van der Waals surface area contributed by atoms with Gasteiger partial charge in [0.15, 0.2) is 0 Å². The summed E-state index contributed by atoms with van der Waals surface area (Å²) in [5.74, 6) is 4.43. The smallest absolute Gasteiger partial charge is 0.127 e.